The van der Waals surface area contributed by atoms with Crippen molar-refractivity contribution < 1.29 is 23.2 Å². The molecule has 8 heteroatoms. The zero-order chi connectivity index (χ0) is 18.3. The minimum absolute atomic E-state index is 0.00718. The second kappa shape index (κ2) is 6.12. The molecule has 2 fully saturated rings. The van der Waals surface area contributed by atoms with E-state index in [2.05, 4.69) is 5.16 Å². The van der Waals surface area contributed by atoms with Crippen LogP contribution in [0.25, 0.3) is 0 Å². The van der Waals surface area contributed by atoms with E-state index < -0.39 is 0 Å². The molecule has 2 amide bonds. The van der Waals surface area contributed by atoms with Gasteiger partial charge in [-0.2, -0.15) is 0 Å². The number of aromatic nitrogens is 1. The number of carbonyl (C=O) groups is 2. The molecule has 26 heavy (non-hydrogen) atoms. The van der Waals surface area contributed by atoms with Gasteiger partial charge in [-0.05, 0) is 35.8 Å². The van der Waals surface area contributed by atoms with Crippen molar-refractivity contribution in [2.75, 3.05) is 31.6 Å². The summed E-state index contributed by atoms with van der Waals surface area (Å²) in [5.74, 6) is -0.229. The number of carbonyl (C=O) groups excluding carboxylic acids is 2. The Hall–Kier alpha value is -2.90. The summed E-state index contributed by atoms with van der Waals surface area (Å²) in [5, 5.41) is 3.65. The van der Waals surface area contributed by atoms with Crippen LogP contribution >= 0.6 is 0 Å². The fourth-order valence-corrected chi connectivity index (χ4v) is 3.75. The summed E-state index contributed by atoms with van der Waals surface area (Å²) in [6, 6.07) is 7.35. The van der Waals surface area contributed by atoms with E-state index in [1.54, 1.807) is 21.9 Å². The van der Waals surface area contributed by atoms with Gasteiger partial charge in [-0.25, -0.2) is 4.39 Å². The Bertz CT molecular complexity index is 850. The number of methoxy groups -OCH3 is 1. The van der Waals surface area contributed by atoms with Crippen molar-refractivity contribution in [3.05, 3.63) is 41.9 Å². The van der Waals surface area contributed by atoms with E-state index in [1.165, 1.54) is 25.3 Å². The van der Waals surface area contributed by atoms with Crippen LogP contribution < -0.4 is 9.64 Å². The van der Waals surface area contributed by atoms with E-state index in [0.29, 0.717) is 31.7 Å². The molecule has 2 saturated heterocycles. The maximum absolute atomic E-state index is 13.1. The zero-order valence-electron chi connectivity index (χ0n) is 14.3. The number of halogens is 1. The monoisotopic (exact) mass is 359 g/mol. The van der Waals surface area contributed by atoms with Gasteiger partial charge >= 0.3 is 0 Å². The van der Waals surface area contributed by atoms with E-state index in [0.717, 1.165) is 6.42 Å². The second-order valence-electron chi connectivity index (χ2n) is 6.84. The van der Waals surface area contributed by atoms with Gasteiger partial charge in [-0.3, -0.25) is 9.59 Å². The average molecular weight is 359 g/mol. The van der Waals surface area contributed by atoms with Crippen molar-refractivity contribution in [3.8, 4) is 5.88 Å². The average Bonchev–Trinajstić information content (AvgIpc) is 3.34. The second-order valence-corrected chi connectivity index (χ2v) is 6.84. The number of anilines is 1. The third-order valence-corrected chi connectivity index (χ3v) is 5.09. The third-order valence-electron chi connectivity index (χ3n) is 5.09. The number of amides is 2. The van der Waals surface area contributed by atoms with Crippen LogP contribution in [0, 0.1) is 11.2 Å². The smallest absolute Gasteiger partial charge is 0.292 e. The number of benzene rings is 1. The third kappa shape index (κ3) is 2.81. The largest absolute Gasteiger partial charge is 0.479 e. The molecule has 0 N–H and O–H groups in total. The van der Waals surface area contributed by atoms with Gasteiger partial charge in [-0.15, -0.1) is 0 Å². The minimum atomic E-state index is -0.338. The molecule has 2 aliphatic heterocycles. The molecule has 3 heterocycles. The van der Waals surface area contributed by atoms with Crippen LogP contribution in [-0.2, 0) is 4.79 Å². The molecular weight excluding hydrogens is 341 g/mol. The molecular formula is C18H18FN3O4. The van der Waals surface area contributed by atoms with Crippen molar-refractivity contribution in [2.45, 2.75) is 12.8 Å². The van der Waals surface area contributed by atoms with Crippen LogP contribution in [-0.4, -0.2) is 48.6 Å². The molecule has 4 rings (SSSR count). The van der Waals surface area contributed by atoms with Gasteiger partial charge in [0.25, 0.3) is 11.8 Å². The van der Waals surface area contributed by atoms with Crippen LogP contribution in [0.5, 0.6) is 5.88 Å². The van der Waals surface area contributed by atoms with Gasteiger partial charge in [0, 0.05) is 37.2 Å². The summed E-state index contributed by atoms with van der Waals surface area (Å²) in [6.45, 7) is 1.53. The van der Waals surface area contributed by atoms with Gasteiger partial charge in [-0.1, -0.05) is 0 Å². The predicted octanol–water partition coefficient (Wildman–Crippen LogP) is 2.09. The number of hydrogen-bond acceptors (Lipinski definition) is 5. The normalized spacial score (nSPS) is 22.5. The highest BCUT2D eigenvalue weighted by Crippen LogP contribution is 2.42. The standard InChI is InChI=1S/C18H18FN3O4/c1-25-15-8-14(26-20-15)17(24)21-7-6-18(10-21)9-16(23)22(11-18)13-4-2-12(19)3-5-13/h2-5,8H,6-7,9-11H2,1H3. The predicted molar refractivity (Wildman–Crippen MR) is 89.4 cm³/mol. The molecule has 0 radical (unpaired) electrons. The number of nitrogens with zero attached hydrogens (tertiary/aromatic N) is 3. The van der Waals surface area contributed by atoms with Crippen molar-refractivity contribution in [1.29, 1.82) is 0 Å². The molecule has 1 aromatic heterocycles. The lowest BCUT2D eigenvalue weighted by molar-refractivity contribution is -0.117. The lowest BCUT2D eigenvalue weighted by atomic mass is 9.86. The summed E-state index contributed by atoms with van der Waals surface area (Å²) in [6.07, 6.45) is 1.10. The van der Waals surface area contributed by atoms with Crippen LogP contribution in [0.4, 0.5) is 10.1 Å². The Morgan fingerprint density at radius 2 is 2.08 bits per heavy atom. The first-order chi connectivity index (χ1) is 12.5. The molecule has 0 aliphatic carbocycles. The number of likely N-dealkylation sites (tertiary alicyclic amines) is 1. The van der Waals surface area contributed by atoms with E-state index in [1.807, 2.05) is 0 Å². The Kier molecular flexibility index (Phi) is 3.90. The van der Waals surface area contributed by atoms with Crippen LogP contribution in [0.1, 0.15) is 23.4 Å². The maximum atomic E-state index is 13.1. The van der Waals surface area contributed by atoms with E-state index >= 15 is 0 Å². The van der Waals surface area contributed by atoms with Gasteiger partial charge in [0.05, 0.1) is 13.2 Å². The molecule has 1 spiro atoms. The summed E-state index contributed by atoms with van der Waals surface area (Å²) >= 11 is 0. The van der Waals surface area contributed by atoms with Gasteiger partial charge in [0.1, 0.15) is 5.82 Å². The summed E-state index contributed by atoms with van der Waals surface area (Å²) in [4.78, 5) is 28.4. The van der Waals surface area contributed by atoms with Crippen LogP contribution in [0.3, 0.4) is 0 Å². The SMILES string of the molecule is COc1cc(C(=O)N2CCC3(CC(=O)N(c4ccc(F)cc4)C3)C2)on1. The van der Waals surface area contributed by atoms with Crippen molar-refractivity contribution in [3.63, 3.8) is 0 Å². The highest BCUT2D eigenvalue weighted by Gasteiger charge is 2.49. The molecule has 136 valence electrons. The summed E-state index contributed by atoms with van der Waals surface area (Å²) in [5.41, 5.74) is 0.392. The van der Waals surface area contributed by atoms with Crippen LogP contribution in [0.2, 0.25) is 0 Å². The van der Waals surface area contributed by atoms with E-state index in [4.69, 9.17) is 9.26 Å². The quantitative estimate of drug-likeness (QED) is 0.839. The molecule has 1 aromatic carbocycles. The Labute approximate surface area is 149 Å². The fourth-order valence-electron chi connectivity index (χ4n) is 3.75. The maximum Gasteiger partial charge on any atom is 0.292 e. The fraction of sp³-hybridized carbons (Fsp3) is 0.389. The Balaban J connectivity index is 1.48. The van der Waals surface area contributed by atoms with Gasteiger partial charge in [0.15, 0.2) is 0 Å². The topological polar surface area (TPSA) is 75.9 Å². The lowest BCUT2D eigenvalue weighted by Crippen LogP contribution is -2.34. The summed E-state index contributed by atoms with van der Waals surface area (Å²) in [7, 11) is 1.45. The molecule has 0 saturated carbocycles. The number of ether oxygens (including phenoxy) is 1. The molecule has 7 nitrogen and oxygen atoms in total. The van der Waals surface area contributed by atoms with Crippen molar-refractivity contribution in [2.24, 2.45) is 5.41 Å². The molecule has 1 atom stereocenters. The number of rotatable bonds is 3. The van der Waals surface area contributed by atoms with E-state index in [9.17, 15) is 14.0 Å². The van der Waals surface area contributed by atoms with E-state index in [-0.39, 0.29) is 34.7 Å². The first-order valence-electron chi connectivity index (χ1n) is 8.36. The minimum Gasteiger partial charge on any atom is -0.479 e. The van der Waals surface area contributed by atoms with Crippen LogP contribution in [0.15, 0.2) is 34.9 Å². The van der Waals surface area contributed by atoms with Crippen molar-refractivity contribution >= 4 is 17.5 Å². The highest BCUT2D eigenvalue weighted by atomic mass is 19.1. The van der Waals surface area contributed by atoms with Crippen molar-refractivity contribution in [1.82, 2.24) is 10.1 Å². The molecule has 0 bridgehead atoms. The first-order valence-corrected chi connectivity index (χ1v) is 8.36. The highest BCUT2D eigenvalue weighted by molar-refractivity contribution is 5.97. The molecule has 2 aromatic rings. The Morgan fingerprint density at radius 3 is 2.77 bits per heavy atom. The lowest BCUT2D eigenvalue weighted by Gasteiger charge is -2.24. The molecule has 1 unspecified atom stereocenters. The molecule has 2 aliphatic rings. The van der Waals surface area contributed by atoms with Gasteiger partial charge < -0.3 is 19.1 Å². The van der Waals surface area contributed by atoms with Gasteiger partial charge in [0.2, 0.25) is 11.7 Å². The number of hydrogen-bond donors (Lipinski definition) is 0. The zero-order valence-corrected chi connectivity index (χ0v) is 14.3. The Morgan fingerprint density at radius 1 is 1.31 bits per heavy atom. The summed E-state index contributed by atoms with van der Waals surface area (Å²) < 4.78 is 23.1. The first kappa shape index (κ1) is 16.6.